The van der Waals surface area contributed by atoms with Gasteiger partial charge in [0.1, 0.15) is 12.2 Å². The highest BCUT2D eigenvalue weighted by molar-refractivity contribution is 14.0. The molecular weight excluding hydrogens is 455 g/mol. The first-order valence-electron chi connectivity index (χ1n) is 8.96. The minimum atomic E-state index is 0. The van der Waals surface area contributed by atoms with Gasteiger partial charge in [-0.2, -0.15) is 0 Å². The van der Waals surface area contributed by atoms with Gasteiger partial charge in [-0.3, -0.25) is 4.99 Å². The molecule has 2 aromatic heterocycles. The SMILES string of the molecule is CCn1cnnc1CNC(=NC)NCCCn1c(C)nc2ccccc21.I. The summed E-state index contributed by atoms with van der Waals surface area (Å²) >= 11 is 0. The van der Waals surface area contributed by atoms with Crippen LogP contribution in [0.2, 0.25) is 0 Å². The predicted molar refractivity (Wildman–Crippen MR) is 118 cm³/mol. The Bertz CT molecular complexity index is 883. The van der Waals surface area contributed by atoms with E-state index in [2.05, 4.69) is 67.4 Å². The summed E-state index contributed by atoms with van der Waals surface area (Å²) in [6, 6.07) is 8.25. The molecule has 0 aliphatic carbocycles. The largest absolute Gasteiger partial charge is 0.356 e. The molecule has 0 aliphatic heterocycles. The van der Waals surface area contributed by atoms with E-state index in [9.17, 15) is 0 Å². The topological polar surface area (TPSA) is 85.0 Å². The summed E-state index contributed by atoms with van der Waals surface area (Å²) in [5.74, 6) is 2.71. The average Bonchev–Trinajstić information content (AvgIpc) is 3.24. The Hall–Kier alpha value is -2.17. The van der Waals surface area contributed by atoms with E-state index in [1.165, 1.54) is 5.52 Å². The van der Waals surface area contributed by atoms with Crippen LogP contribution >= 0.6 is 24.0 Å². The first-order valence-corrected chi connectivity index (χ1v) is 8.96. The fourth-order valence-corrected chi connectivity index (χ4v) is 2.99. The van der Waals surface area contributed by atoms with Crippen molar-refractivity contribution in [1.29, 1.82) is 0 Å². The molecule has 0 aliphatic rings. The number of hydrogen-bond acceptors (Lipinski definition) is 4. The average molecular weight is 482 g/mol. The molecule has 0 saturated carbocycles. The molecule has 0 atom stereocenters. The summed E-state index contributed by atoms with van der Waals surface area (Å²) in [6.07, 6.45) is 2.72. The van der Waals surface area contributed by atoms with Crippen molar-refractivity contribution in [2.45, 2.75) is 39.9 Å². The zero-order chi connectivity index (χ0) is 18.4. The smallest absolute Gasteiger partial charge is 0.191 e. The number of guanidine groups is 1. The number of nitrogens with zero attached hydrogens (tertiary/aromatic N) is 6. The van der Waals surface area contributed by atoms with Crippen LogP contribution in [0.4, 0.5) is 0 Å². The molecule has 3 aromatic rings. The van der Waals surface area contributed by atoms with Crippen LogP contribution in [-0.4, -0.2) is 43.9 Å². The number of para-hydroxylation sites is 2. The summed E-state index contributed by atoms with van der Waals surface area (Å²) in [7, 11) is 1.77. The van der Waals surface area contributed by atoms with Crippen molar-refractivity contribution in [3.63, 3.8) is 0 Å². The van der Waals surface area contributed by atoms with Crippen LogP contribution < -0.4 is 10.6 Å². The minimum Gasteiger partial charge on any atom is -0.356 e. The van der Waals surface area contributed by atoms with Gasteiger partial charge in [0, 0.05) is 26.7 Å². The van der Waals surface area contributed by atoms with Gasteiger partial charge in [0.2, 0.25) is 0 Å². The lowest BCUT2D eigenvalue weighted by Crippen LogP contribution is -2.38. The molecule has 0 bridgehead atoms. The number of nitrogens with one attached hydrogen (secondary N) is 2. The molecule has 0 radical (unpaired) electrons. The van der Waals surface area contributed by atoms with Gasteiger partial charge in [-0.25, -0.2) is 4.98 Å². The summed E-state index contributed by atoms with van der Waals surface area (Å²) in [5, 5.41) is 14.7. The molecule has 8 nitrogen and oxygen atoms in total. The number of fused-ring (bicyclic) bond motifs is 1. The Balaban J connectivity index is 0.00000261. The highest BCUT2D eigenvalue weighted by Crippen LogP contribution is 2.15. The summed E-state index contributed by atoms with van der Waals surface area (Å²) in [5.41, 5.74) is 2.24. The second-order valence-electron chi connectivity index (χ2n) is 6.04. The van der Waals surface area contributed by atoms with E-state index < -0.39 is 0 Å². The maximum Gasteiger partial charge on any atom is 0.191 e. The second kappa shape index (κ2) is 10.2. The van der Waals surface area contributed by atoms with E-state index >= 15 is 0 Å². The molecule has 0 spiro atoms. The second-order valence-corrected chi connectivity index (χ2v) is 6.04. The van der Waals surface area contributed by atoms with Crippen LogP contribution in [0.5, 0.6) is 0 Å². The molecule has 1 aromatic carbocycles. The summed E-state index contributed by atoms with van der Waals surface area (Å²) in [4.78, 5) is 8.87. The van der Waals surface area contributed by atoms with E-state index in [1.54, 1.807) is 13.4 Å². The Morgan fingerprint density at radius 2 is 2.04 bits per heavy atom. The van der Waals surface area contributed by atoms with E-state index in [0.29, 0.717) is 6.54 Å². The molecule has 146 valence electrons. The molecular formula is C18H27IN8. The third-order valence-electron chi connectivity index (χ3n) is 4.37. The third-order valence-corrected chi connectivity index (χ3v) is 4.37. The Labute approximate surface area is 176 Å². The van der Waals surface area contributed by atoms with Gasteiger partial charge in [-0.05, 0) is 32.4 Å². The van der Waals surface area contributed by atoms with Gasteiger partial charge in [0.05, 0.1) is 17.6 Å². The molecule has 0 saturated heterocycles. The van der Waals surface area contributed by atoms with Crippen LogP contribution in [-0.2, 0) is 19.6 Å². The number of aromatic nitrogens is 5. The van der Waals surface area contributed by atoms with Crippen molar-refractivity contribution in [2.75, 3.05) is 13.6 Å². The molecule has 2 N–H and O–H groups in total. The maximum atomic E-state index is 4.61. The molecule has 0 fully saturated rings. The van der Waals surface area contributed by atoms with Crippen LogP contribution in [0.3, 0.4) is 0 Å². The molecule has 2 heterocycles. The highest BCUT2D eigenvalue weighted by atomic mass is 127. The number of benzene rings is 1. The zero-order valence-corrected chi connectivity index (χ0v) is 18.3. The van der Waals surface area contributed by atoms with Crippen molar-refractivity contribution >= 4 is 41.0 Å². The Morgan fingerprint density at radius 1 is 1.22 bits per heavy atom. The first-order chi connectivity index (χ1) is 12.7. The standard InChI is InChI=1S/C18H26N8.HI/c1-4-25-13-22-24-17(25)12-21-18(19-3)20-10-7-11-26-14(2)23-15-8-5-6-9-16(15)26;/h5-6,8-9,13H,4,7,10-12H2,1-3H3,(H2,19,20,21);1H. The molecule has 3 rings (SSSR count). The van der Waals surface area contributed by atoms with Gasteiger partial charge >= 0.3 is 0 Å². The fraction of sp³-hybridized carbons (Fsp3) is 0.444. The van der Waals surface area contributed by atoms with Gasteiger partial charge in [-0.1, -0.05) is 12.1 Å². The van der Waals surface area contributed by atoms with Crippen molar-refractivity contribution < 1.29 is 0 Å². The zero-order valence-electron chi connectivity index (χ0n) is 16.0. The predicted octanol–water partition coefficient (Wildman–Crippen LogP) is 2.33. The molecule has 9 heteroatoms. The normalized spacial score (nSPS) is 11.4. The number of hydrogen-bond donors (Lipinski definition) is 2. The summed E-state index contributed by atoms with van der Waals surface area (Å²) in [6.45, 7) is 7.32. The fourth-order valence-electron chi connectivity index (χ4n) is 2.99. The lowest BCUT2D eigenvalue weighted by Gasteiger charge is -2.12. The minimum absolute atomic E-state index is 0. The number of rotatable bonds is 7. The van der Waals surface area contributed by atoms with Gasteiger partial charge in [0.25, 0.3) is 0 Å². The highest BCUT2D eigenvalue weighted by Gasteiger charge is 2.07. The van der Waals surface area contributed by atoms with Crippen molar-refractivity contribution in [2.24, 2.45) is 4.99 Å². The molecule has 0 amide bonds. The van der Waals surface area contributed by atoms with Crippen molar-refractivity contribution in [1.82, 2.24) is 34.9 Å². The van der Waals surface area contributed by atoms with Crippen LogP contribution in [0, 0.1) is 6.92 Å². The number of halogens is 1. The van der Waals surface area contributed by atoms with Crippen molar-refractivity contribution in [3.05, 3.63) is 42.2 Å². The van der Waals surface area contributed by atoms with E-state index in [0.717, 1.165) is 49.2 Å². The summed E-state index contributed by atoms with van der Waals surface area (Å²) < 4.78 is 4.27. The lowest BCUT2D eigenvalue weighted by molar-refractivity contribution is 0.620. The van der Waals surface area contributed by atoms with Crippen molar-refractivity contribution in [3.8, 4) is 0 Å². The third kappa shape index (κ3) is 5.18. The van der Waals surface area contributed by atoms with E-state index in [4.69, 9.17) is 0 Å². The van der Waals surface area contributed by atoms with Gasteiger partial charge in [0.15, 0.2) is 11.8 Å². The van der Waals surface area contributed by atoms with Crippen LogP contribution in [0.1, 0.15) is 25.0 Å². The van der Waals surface area contributed by atoms with Gasteiger partial charge in [-0.15, -0.1) is 34.2 Å². The molecule has 0 unspecified atom stereocenters. The Kier molecular flexibility index (Phi) is 8.01. The van der Waals surface area contributed by atoms with Crippen LogP contribution in [0.15, 0.2) is 35.6 Å². The number of aryl methyl sites for hydroxylation is 3. The molecule has 27 heavy (non-hydrogen) atoms. The lowest BCUT2D eigenvalue weighted by atomic mass is 10.3. The number of aliphatic imine (C=N–C) groups is 1. The maximum absolute atomic E-state index is 4.61. The van der Waals surface area contributed by atoms with E-state index in [-0.39, 0.29) is 24.0 Å². The Morgan fingerprint density at radius 3 is 2.81 bits per heavy atom. The number of imidazole rings is 1. The van der Waals surface area contributed by atoms with Gasteiger partial charge < -0.3 is 19.8 Å². The van der Waals surface area contributed by atoms with E-state index in [1.807, 2.05) is 10.6 Å². The first kappa shape index (κ1) is 21.1. The quantitative estimate of drug-likeness (QED) is 0.234. The van der Waals surface area contributed by atoms with Crippen LogP contribution in [0.25, 0.3) is 11.0 Å². The monoisotopic (exact) mass is 482 g/mol.